The number of benzene rings is 1. The zero-order valence-corrected chi connectivity index (χ0v) is 13.0. The number of nitrogens with zero attached hydrogens (tertiary/aromatic N) is 1. The van der Waals surface area contributed by atoms with Crippen molar-refractivity contribution in [3.05, 3.63) is 29.8 Å². The molecule has 0 bridgehead atoms. The first kappa shape index (κ1) is 15.3. The van der Waals surface area contributed by atoms with E-state index < -0.39 is 0 Å². The molecule has 0 spiro atoms. The summed E-state index contributed by atoms with van der Waals surface area (Å²) in [6, 6.07) is 9.60. The summed E-state index contributed by atoms with van der Waals surface area (Å²) in [5, 5.41) is 0. The molecule has 1 fully saturated rings. The third-order valence-electron chi connectivity index (χ3n) is 4.07. The lowest BCUT2D eigenvalue weighted by atomic mass is 9.90. The van der Waals surface area contributed by atoms with Crippen LogP contribution in [0.1, 0.15) is 51.6 Å². The highest BCUT2D eigenvalue weighted by Gasteiger charge is 2.31. The van der Waals surface area contributed by atoms with Crippen LogP contribution in [-0.2, 0) is 0 Å². The Hall–Kier alpha value is -1.06. The van der Waals surface area contributed by atoms with Crippen molar-refractivity contribution in [1.82, 2.24) is 4.90 Å². The topological polar surface area (TPSA) is 38.5 Å². The van der Waals surface area contributed by atoms with E-state index in [1.165, 1.54) is 12.0 Å². The predicted molar refractivity (Wildman–Crippen MR) is 84.0 cm³/mol. The van der Waals surface area contributed by atoms with Crippen molar-refractivity contribution in [3.63, 3.8) is 0 Å². The van der Waals surface area contributed by atoms with Crippen molar-refractivity contribution in [1.29, 1.82) is 0 Å². The lowest BCUT2D eigenvalue weighted by Crippen LogP contribution is -2.48. The minimum absolute atomic E-state index is 0.230. The molecular weight excluding hydrogens is 248 g/mol. The highest BCUT2D eigenvalue weighted by Crippen LogP contribution is 2.32. The Labute approximate surface area is 123 Å². The van der Waals surface area contributed by atoms with Gasteiger partial charge in [0.1, 0.15) is 5.75 Å². The first-order chi connectivity index (χ1) is 9.63. The molecule has 2 rings (SSSR count). The molecule has 1 aliphatic rings. The Bertz CT molecular complexity index is 402. The molecule has 20 heavy (non-hydrogen) atoms. The van der Waals surface area contributed by atoms with Crippen molar-refractivity contribution in [3.8, 4) is 5.75 Å². The Kier molecular flexibility index (Phi) is 5.44. The van der Waals surface area contributed by atoms with E-state index in [-0.39, 0.29) is 6.04 Å². The lowest BCUT2D eigenvalue weighted by Gasteiger charge is -2.42. The zero-order chi connectivity index (χ0) is 14.5. The van der Waals surface area contributed by atoms with Gasteiger partial charge in [0, 0.05) is 12.1 Å². The second-order valence-corrected chi connectivity index (χ2v) is 6.00. The Balaban J connectivity index is 2.14. The summed E-state index contributed by atoms with van der Waals surface area (Å²) >= 11 is 0. The maximum absolute atomic E-state index is 6.38. The number of ether oxygens (including phenoxy) is 1. The van der Waals surface area contributed by atoms with Crippen LogP contribution in [0.3, 0.4) is 0 Å². The summed E-state index contributed by atoms with van der Waals surface area (Å²) in [5.74, 6) is 0.955. The van der Waals surface area contributed by atoms with Crippen LogP contribution in [0.25, 0.3) is 0 Å². The van der Waals surface area contributed by atoms with Crippen LogP contribution in [0.15, 0.2) is 24.3 Å². The summed E-state index contributed by atoms with van der Waals surface area (Å²) in [6.45, 7) is 8.55. The normalized spacial score (nSPS) is 24.1. The number of likely N-dealkylation sites (tertiary alicyclic amines) is 1. The molecule has 0 aliphatic carbocycles. The van der Waals surface area contributed by atoms with Crippen LogP contribution in [0.5, 0.6) is 5.75 Å². The van der Waals surface area contributed by atoms with Gasteiger partial charge in [0.25, 0.3) is 0 Å². The summed E-state index contributed by atoms with van der Waals surface area (Å²) in [7, 11) is 0. The van der Waals surface area contributed by atoms with E-state index >= 15 is 0 Å². The van der Waals surface area contributed by atoms with Crippen molar-refractivity contribution < 1.29 is 4.74 Å². The van der Waals surface area contributed by atoms with Gasteiger partial charge in [-0.3, -0.25) is 4.90 Å². The van der Waals surface area contributed by atoms with E-state index in [4.69, 9.17) is 10.5 Å². The third kappa shape index (κ3) is 3.53. The van der Waals surface area contributed by atoms with Crippen LogP contribution in [-0.4, -0.2) is 30.1 Å². The van der Waals surface area contributed by atoms with E-state index in [9.17, 15) is 0 Å². The first-order valence-corrected chi connectivity index (χ1v) is 7.87. The monoisotopic (exact) mass is 276 g/mol. The minimum atomic E-state index is 0.230. The predicted octanol–water partition coefficient (Wildman–Crippen LogP) is 3.35. The van der Waals surface area contributed by atoms with Crippen LogP contribution in [0.4, 0.5) is 0 Å². The van der Waals surface area contributed by atoms with Crippen LogP contribution in [0, 0.1) is 0 Å². The van der Waals surface area contributed by atoms with Gasteiger partial charge in [-0.15, -0.1) is 0 Å². The molecule has 0 saturated carbocycles. The van der Waals surface area contributed by atoms with Gasteiger partial charge >= 0.3 is 0 Å². The SMILES string of the molecule is CCCOc1ccc(C2C(N)CCCN2C(C)C)cc1. The average Bonchev–Trinajstić information content (AvgIpc) is 2.45. The van der Waals surface area contributed by atoms with E-state index in [1.54, 1.807) is 0 Å². The molecule has 112 valence electrons. The molecule has 3 heteroatoms. The number of hydrogen-bond acceptors (Lipinski definition) is 3. The molecule has 3 nitrogen and oxygen atoms in total. The van der Waals surface area contributed by atoms with Crippen molar-refractivity contribution >= 4 is 0 Å². The Morgan fingerprint density at radius 2 is 2.00 bits per heavy atom. The second kappa shape index (κ2) is 7.09. The Morgan fingerprint density at radius 3 is 2.60 bits per heavy atom. The van der Waals surface area contributed by atoms with Gasteiger partial charge in [-0.1, -0.05) is 19.1 Å². The molecule has 1 heterocycles. The van der Waals surface area contributed by atoms with Gasteiger partial charge in [-0.25, -0.2) is 0 Å². The summed E-state index contributed by atoms with van der Waals surface area (Å²) < 4.78 is 5.65. The molecule has 1 aliphatic heterocycles. The average molecular weight is 276 g/mol. The molecular formula is C17H28N2O. The number of rotatable bonds is 5. The number of hydrogen-bond donors (Lipinski definition) is 1. The minimum Gasteiger partial charge on any atom is -0.494 e. The van der Waals surface area contributed by atoms with Gasteiger partial charge < -0.3 is 10.5 Å². The van der Waals surface area contributed by atoms with E-state index in [1.807, 2.05) is 0 Å². The standard InChI is InChI=1S/C17H28N2O/c1-4-12-20-15-9-7-14(8-10-15)17-16(18)6-5-11-19(17)13(2)3/h7-10,13,16-17H,4-6,11-12,18H2,1-3H3. The van der Waals surface area contributed by atoms with Gasteiger partial charge in [0.15, 0.2) is 0 Å². The van der Waals surface area contributed by atoms with E-state index in [0.717, 1.165) is 31.7 Å². The Morgan fingerprint density at radius 1 is 1.30 bits per heavy atom. The lowest BCUT2D eigenvalue weighted by molar-refractivity contribution is 0.0946. The van der Waals surface area contributed by atoms with Gasteiger partial charge in [0.2, 0.25) is 0 Å². The molecule has 2 N–H and O–H groups in total. The molecule has 0 radical (unpaired) electrons. The molecule has 2 atom stereocenters. The molecule has 2 unspecified atom stereocenters. The third-order valence-corrected chi connectivity index (χ3v) is 4.07. The highest BCUT2D eigenvalue weighted by atomic mass is 16.5. The van der Waals surface area contributed by atoms with E-state index in [0.29, 0.717) is 12.1 Å². The van der Waals surface area contributed by atoms with Gasteiger partial charge in [0.05, 0.1) is 12.6 Å². The smallest absolute Gasteiger partial charge is 0.119 e. The van der Waals surface area contributed by atoms with Crippen LogP contribution in [0.2, 0.25) is 0 Å². The summed E-state index contributed by atoms with van der Waals surface area (Å²) in [6.07, 6.45) is 3.35. The maximum Gasteiger partial charge on any atom is 0.119 e. The quantitative estimate of drug-likeness (QED) is 0.896. The maximum atomic E-state index is 6.38. The molecule has 0 aromatic heterocycles. The number of nitrogens with two attached hydrogens (primary N) is 1. The summed E-state index contributed by atoms with van der Waals surface area (Å²) in [5.41, 5.74) is 7.70. The fourth-order valence-electron chi connectivity index (χ4n) is 3.05. The van der Waals surface area contributed by atoms with Gasteiger partial charge in [-0.05, 0) is 57.4 Å². The molecule has 1 aromatic rings. The zero-order valence-electron chi connectivity index (χ0n) is 13.0. The highest BCUT2D eigenvalue weighted by molar-refractivity contribution is 5.30. The fourth-order valence-corrected chi connectivity index (χ4v) is 3.05. The van der Waals surface area contributed by atoms with Gasteiger partial charge in [-0.2, -0.15) is 0 Å². The molecule has 1 saturated heterocycles. The molecule has 1 aromatic carbocycles. The number of piperidine rings is 1. The first-order valence-electron chi connectivity index (χ1n) is 7.87. The second-order valence-electron chi connectivity index (χ2n) is 6.00. The van der Waals surface area contributed by atoms with Crippen molar-refractivity contribution in [2.24, 2.45) is 5.73 Å². The van der Waals surface area contributed by atoms with Crippen molar-refractivity contribution in [2.45, 2.75) is 58.2 Å². The van der Waals surface area contributed by atoms with Crippen molar-refractivity contribution in [2.75, 3.05) is 13.2 Å². The summed E-state index contributed by atoms with van der Waals surface area (Å²) in [4.78, 5) is 2.52. The van der Waals surface area contributed by atoms with Crippen LogP contribution < -0.4 is 10.5 Å². The van der Waals surface area contributed by atoms with E-state index in [2.05, 4.69) is 49.9 Å². The fraction of sp³-hybridized carbons (Fsp3) is 0.647. The molecule has 0 amide bonds. The largest absolute Gasteiger partial charge is 0.494 e. The van der Waals surface area contributed by atoms with Crippen LogP contribution >= 0.6 is 0 Å².